The number of nitrogens with zero attached hydrogens (tertiary/aromatic N) is 1. The predicted molar refractivity (Wildman–Crippen MR) is 72.8 cm³/mol. The molecule has 18 heavy (non-hydrogen) atoms. The fourth-order valence-corrected chi connectivity index (χ4v) is 2.07. The highest BCUT2D eigenvalue weighted by molar-refractivity contribution is 7.98. The van der Waals surface area contributed by atoms with E-state index in [9.17, 15) is 14.9 Å². The van der Waals surface area contributed by atoms with Gasteiger partial charge in [-0.05, 0) is 25.3 Å². The Hall–Kier alpha value is -1.76. The first-order chi connectivity index (χ1) is 8.45. The fraction of sp³-hybridized carbons (Fsp3) is 0.364. The van der Waals surface area contributed by atoms with Crippen LogP contribution in [0.3, 0.4) is 0 Å². The summed E-state index contributed by atoms with van der Waals surface area (Å²) in [5.74, 6) is 0.262. The second kappa shape index (κ2) is 6.25. The molecule has 0 aliphatic heterocycles. The van der Waals surface area contributed by atoms with Gasteiger partial charge in [-0.15, -0.1) is 0 Å². The number of anilines is 1. The van der Waals surface area contributed by atoms with Crippen LogP contribution in [-0.4, -0.2) is 28.9 Å². The summed E-state index contributed by atoms with van der Waals surface area (Å²) >= 11 is 1.59. The highest BCUT2D eigenvalue weighted by Gasteiger charge is 2.21. The second-order valence-electron chi connectivity index (χ2n) is 3.86. The number of carbonyl (C=O) groups is 1. The molecular weight excluding hydrogens is 254 g/mol. The van der Waals surface area contributed by atoms with Gasteiger partial charge >= 0.3 is 0 Å². The third kappa shape index (κ3) is 3.63. The molecule has 1 atom stereocenters. The zero-order valence-electron chi connectivity index (χ0n) is 10.2. The SMILES string of the molecule is CSCC(C)NC(=O)c1cc(N)ccc1[N+](=O)[O-]. The van der Waals surface area contributed by atoms with E-state index >= 15 is 0 Å². The Morgan fingerprint density at radius 1 is 1.61 bits per heavy atom. The molecule has 0 radical (unpaired) electrons. The maximum absolute atomic E-state index is 11.9. The predicted octanol–water partition coefficient (Wildman–Crippen LogP) is 1.66. The van der Waals surface area contributed by atoms with Crippen LogP contribution in [0.15, 0.2) is 18.2 Å². The van der Waals surface area contributed by atoms with E-state index in [1.165, 1.54) is 18.2 Å². The van der Waals surface area contributed by atoms with Crippen LogP contribution < -0.4 is 11.1 Å². The summed E-state index contributed by atoms with van der Waals surface area (Å²) in [5, 5.41) is 13.5. The van der Waals surface area contributed by atoms with Gasteiger partial charge in [0.15, 0.2) is 0 Å². The van der Waals surface area contributed by atoms with Gasteiger partial charge in [-0.25, -0.2) is 0 Å². The topological polar surface area (TPSA) is 98.3 Å². The first kappa shape index (κ1) is 14.3. The summed E-state index contributed by atoms with van der Waals surface area (Å²) < 4.78 is 0. The Bertz CT molecular complexity index is 465. The monoisotopic (exact) mass is 269 g/mol. The van der Waals surface area contributed by atoms with E-state index in [-0.39, 0.29) is 17.3 Å². The molecule has 0 saturated heterocycles. The van der Waals surface area contributed by atoms with Crippen LogP contribution in [0.2, 0.25) is 0 Å². The highest BCUT2D eigenvalue weighted by Crippen LogP contribution is 2.21. The summed E-state index contributed by atoms with van der Waals surface area (Å²) in [6.45, 7) is 1.84. The maximum atomic E-state index is 11.9. The van der Waals surface area contributed by atoms with Gasteiger partial charge < -0.3 is 11.1 Å². The third-order valence-electron chi connectivity index (χ3n) is 2.26. The number of rotatable bonds is 5. The van der Waals surface area contributed by atoms with Gasteiger partial charge in [0.25, 0.3) is 11.6 Å². The van der Waals surface area contributed by atoms with Crippen LogP contribution in [-0.2, 0) is 0 Å². The Morgan fingerprint density at radius 2 is 2.28 bits per heavy atom. The maximum Gasteiger partial charge on any atom is 0.282 e. The molecule has 0 heterocycles. The Kier molecular flexibility index (Phi) is 4.96. The molecule has 0 bridgehead atoms. The van der Waals surface area contributed by atoms with E-state index in [1.54, 1.807) is 11.8 Å². The molecule has 0 spiro atoms. The molecule has 1 aromatic rings. The fourth-order valence-electron chi connectivity index (χ4n) is 1.49. The third-order valence-corrected chi connectivity index (χ3v) is 3.09. The first-order valence-corrected chi connectivity index (χ1v) is 6.68. The summed E-state index contributed by atoms with van der Waals surface area (Å²) in [4.78, 5) is 22.2. The van der Waals surface area contributed by atoms with Crippen molar-refractivity contribution in [3.63, 3.8) is 0 Å². The Balaban J connectivity index is 2.97. The number of nitrogens with one attached hydrogen (secondary N) is 1. The molecule has 1 rings (SSSR count). The summed E-state index contributed by atoms with van der Waals surface area (Å²) in [6.07, 6.45) is 1.92. The molecule has 0 aromatic heterocycles. The van der Waals surface area contributed by atoms with E-state index < -0.39 is 10.8 Å². The van der Waals surface area contributed by atoms with E-state index in [0.717, 1.165) is 5.75 Å². The number of nitro groups is 1. The molecule has 3 N–H and O–H groups in total. The van der Waals surface area contributed by atoms with E-state index in [2.05, 4.69) is 5.32 Å². The summed E-state index contributed by atoms with van der Waals surface area (Å²) in [6, 6.07) is 3.90. The number of nitrogen functional groups attached to an aromatic ring is 1. The number of benzene rings is 1. The molecule has 1 amide bonds. The molecule has 0 fully saturated rings. The number of hydrogen-bond donors (Lipinski definition) is 2. The largest absolute Gasteiger partial charge is 0.399 e. The average Bonchev–Trinajstić information content (AvgIpc) is 2.28. The molecule has 7 heteroatoms. The molecular formula is C11H15N3O3S. The Morgan fingerprint density at radius 3 is 2.83 bits per heavy atom. The van der Waals surface area contributed by atoms with Crippen molar-refractivity contribution in [2.24, 2.45) is 0 Å². The van der Waals surface area contributed by atoms with Gasteiger partial charge in [-0.1, -0.05) is 0 Å². The van der Waals surface area contributed by atoms with Gasteiger partial charge in [-0.2, -0.15) is 11.8 Å². The normalized spacial score (nSPS) is 11.9. The molecule has 0 saturated carbocycles. The van der Waals surface area contributed by atoms with Crippen molar-refractivity contribution in [1.82, 2.24) is 5.32 Å². The minimum atomic E-state index is -0.590. The lowest BCUT2D eigenvalue weighted by Gasteiger charge is -2.12. The molecule has 1 aromatic carbocycles. The quantitative estimate of drug-likeness (QED) is 0.481. The first-order valence-electron chi connectivity index (χ1n) is 5.29. The van der Waals surface area contributed by atoms with Crippen LogP contribution in [0.4, 0.5) is 11.4 Å². The van der Waals surface area contributed by atoms with Gasteiger partial charge in [0.05, 0.1) is 4.92 Å². The highest BCUT2D eigenvalue weighted by atomic mass is 32.2. The standard InChI is InChI=1S/C11H15N3O3S/c1-7(6-18-2)13-11(15)9-5-8(12)3-4-10(9)14(16)17/h3-5,7H,6,12H2,1-2H3,(H,13,15). The number of nitrogens with two attached hydrogens (primary N) is 1. The van der Waals surface area contributed by atoms with Crippen molar-refractivity contribution < 1.29 is 9.72 Å². The minimum absolute atomic E-state index is 0.00652. The number of carbonyl (C=O) groups excluding carboxylic acids is 1. The van der Waals surface area contributed by atoms with Crippen molar-refractivity contribution in [3.8, 4) is 0 Å². The molecule has 6 nitrogen and oxygen atoms in total. The van der Waals surface area contributed by atoms with Crippen molar-refractivity contribution in [2.75, 3.05) is 17.7 Å². The van der Waals surface area contributed by atoms with Crippen molar-refractivity contribution in [1.29, 1.82) is 0 Å². The van der Waals surface area contributed by atoms with Crippen LogP contribution >= 0.6 is 11.8 Å². The van der Waals surface area contributed by atoms with Crippen molar-refractivity contribution in [2.45, 2.75) is 13.0 Å². The van der Waals surface area contributed by atoms with Crippen molar-refractivity contribution >= 4 is 29.0 Å². The minimum Gasteiger partial charge on any atom is -0.399 e. The molecule has 1 unspecified atom stereocenters. The van der Waals surface area contributed by atoms with Gasteiger partial charge in [0.1, 0.15) is 5.56 Å². The second-order valence-corrected chi connectivity index (χ2v) is 4.77. The molecule has 98 valence electrons. The van der Waals surface area contributed by atoms with Crippen LogP contribution in [0.25, 0.3) is 0 Å². The number of hydrogen-bond acceptors (Lipinski definition) is 5. The molecule has 0 aliphatic rings. The summed E-state index contributed by atoms with van der Waals surface area (Å²) in [5.41, 5.74) is 5.63. The van der Waals surface area contributed by atoms with E-state index in [1.807, 2.05) is 13.2 Å². The Labute approximate surface area is 109 Å². The van der Waals surface area contributed by atoms with E-state index in [4.69, 9.17) is 5.73 Å². The van der Waals surface area contributed by atoms with Crippen molar-refractivity contribution in [3.05, 3.63) is 33.9 Å². The number of amides is 1. The average molecular weight is 269 g/mol. The molecule has 0 aliphatic carbocycles. The summed E-state index contributed by atoms with van der Waals surface area (Å²) in [7, 11) is 0. The smallest absolute Gasteiger partial charge is 0.282 e. The van der Waals surface area contributed by atoms with Gasteiger partial charge in [0, 0.05) is 23.5 Å². The van der Waals surface area contributed by atoms with Crippen LogP contribution in [0.1, 0.15) is 17.3 Å². The van der Waals surface area contributed by atoms with Crippen LogP contribution in [0.5, 0.6) is 0 Å². The zero-order valence-corrected chi connectivity index (χ0v) is 11.0. The number of thioether (sulfide) groups is 1. The number of nitro benzene ring substituents is 1. The zero-order chi connectivity index (χ0) is 13.7. The lowest BCUT2D eigenvalue weighted by molar-refractivity contribution is -0.385. The van der Waals surface area contributed by atoms with Crippen LogP contribution in [0, 0.1) is 10.1 Å². The lowest BCUT2D eigenvalue weighted by atomic mass is 10.1. The van der Waals surface area contributed by atoms with Gasteiger partial charge in [0.2, 0.25) is 0 Å². The lowest BCUT2D eigenvalue weighted by Crippen LogP contribution is -2.34. The van der Waals surface area contributed by atoms with Gasteiger partial charge in [-0.3, -0.25) is 14.9 Å². The van der Waals surface area contributed by atoms with E-state index in [0.29, 0.717) is 5.69 Å².